The summed E-state index contributed by atoms with van der Waals surface area (Å²) >= 11 is 1.64. The van der Waals surface area contributed by atoms with Gasteiger partial charge in [-0.2, -0.15) is 4.98 Å². The topological polar surface area (TPSA) is 41.8 Å². The first-order valence-corrected chi connectivity index (χ1v) is 8.53. The fraction of sp³-hybridized carbons (Fsp3) is 0.667. The number of imidazole rings is 1. The van der Waals surface area contributed by atoms with Crippen LogP contribution in [0.4, 0.5) is 0 Å². The number of hydrogen-bond donors (Lipinski definition) is 1. The molecule has 3 rings (SSSR count). The van der Waals surface area contributed by atoms with E-state index in [2.05, 4.69) is 38.2 Å². The molecule has 0 atom stereocenters. The largest absolute Gasteiger partial charge is 0.480 e. The van der Waals surface area contributed by atoms with Crippen LogP contribution < -0.4 is 10.1 Å². The zero-order valence-corrected chi connectivity index (χ0v) is 13.7. The molecule has 1 aliphatic rings. The van der Waals surface area contributed by atoms with E-state index in [4.69, 9.17) is 4.74 Å². The van der Waals surface area contributed by atoms with Gasteiger partial charge in [0, 0.05) is 18.1 Å². The fourth-order valence-electron chi connectivity index (χ4n) is 3.00. The SMILES string of the molecule is COc1nc2sccn2c1CNCCC1CCN(C)CC1. The number of rotatable bonds is 6. The maximum Gasteiger partial charge on any atom is 0.237 e. The highest BCUT2D eigenvalue weighted by molar-refractivity contribution is 7.15. The number of nitrogens with one attached hydrogen (secondary N) is 1. The van der Waals surface area contributed by atoms with E-state index in [0.29, 0.717) is 0 Å². The summed E-state index contributed by atoms with van der Waals surface area (Å²) in [4.78, 5) is 7.91. The molecule has 1 fully saturated rings. The summed E-state index contributed by atoms with van der Waals surface area (Å²) < 4.78 is 7.49. The number of piperidine rings is 1. The van der Waals surface area contributed by atoms with Gasteiger partial charge in [-0.05, 0) is 51.9 Å². The summed E-state index contributed by atoms with van der Waals surface area (Å²) in [6.45, 7) is 4.37. The Labute approximate surface area is 129 Å². The normalized spacial score (nSPS) is 17.6. The van der Waals surface area contributed by atoms with E-state index in [1.54, 1.807) is 18.4 Å². The fourth-order valence-corrected chi connectivity index (χ4v) is 3.73. The van der Waals surface area contributed by atoms with E-state index < -0.39 is 0 Å². The molecular weight excluding hydrogens is 284 g/mol. The Morgan fingerprint density at radius 1 is 1.43 bits per heavy atom. The van der Waals surface area contributed by atoms with Crippen LogP contribution in [0, 0.1) is 5.92 Å². The first kappa shape index (κ1) is 14.8. The third-order valence-corrected chi connectivity index (χ3v) is 5.13. The van der Waals surface area contributed by atoms with E-state index >= 15 is 0 Å². The van der Waals surface area contributed by atoms with Crippen LogP contribution in [0.15, 0.2) is 11.6 Å². The molecule has 116 valence electrons. The smallest absolute Gasteiger partial charge is 0.237 e. The molecule has 6 heteroatoms. The third-order valence-electron chi connectivity index (χ3n) is 4.38. The minimum absolute atomic E-state index is 0.744. The van der Waals surface area contributed by atoms with Gasteiger partial charge in [-0.25, -0.2) is 0 Å². The highest BCUT2D eigenvalue weighted by Crippen LogP contribution is 2.23. The number of hydrogen-bond acceptors (Lipinski definition) is 5. The molecule has 0 saturated carbocycles. The van der Waals surface area contributed by atoms with Gasteiger partial charge in [-0.1, -0.05) is 0 Å². The average molecular weight is 308 g/mol. The van der Waals surface area contributed by atoms with Gasteiger partial charge >= 0.3 is 0 Å². The van der Waals surface area contributed by atoms with Crippen molar-refractivity contribution in [1.29, 1.82) is 0 Å². The zero-order valence-electron chi connectivity index (χ0n) is 12.8. The molecule has 21 heavy (non-hydrogen) atoms. The van der Waals surface area contributed by atoms with Crippen LogP contribution in [0.3, 0.4) is 0 Å². The van der Waals surface area contributed by atoms with Crippen molar-refractivity contribution in [2.75, 3.05) is 33.8 Å². The number of aromatic nitrogens is 2. The molecule has 0 unspecified atom stereocenters. The predicted octanol–water partition coefficient (Wildman–Crippen LogP) is 2.23. The summed E-state index contributed by atoms with van der Waals surface area (Å²) in [5.41, 5.74) is 1.12. The van der Waals surface area contributed by atoms with Crippen molar-refractivity contribution in [1.82, 2.24) is 19.6 Å². The summed E-state index contributed by atoms with van der Waals surface area (Å²) in [5, 5.41) is 5.61. The molecule has 0 amide bonds. The maximum absolute atomic E-state index is 5.38. The maximum atomic E-state index is 5.38. The lowest BCUT2D eigenvalue weighted by molar-refractivity contribution is 0.211. The number of nitrogens with zero attached hydrogens (tertiary/aromatic N) is 3. The number of thiazole rings is 1. The van der Waals surface area contributed by atoms with Crippen LogP contribution in [0.5, 0.6) is 5.88 Å². The lowest BCUT2D eigenvalue weighted by atomic mass is 9.94. The van der Waals surface area contributed by atoms with Crippen LogP contribution in [-0.4, -0.2) is 48.1 Å². The minimum atomic E-state index is 0.744. The van der Waals surface area contributed by atoms with Crippen LogP contribution in [0.1, 0.15) is 25.0 Å². The molecule has 0 spiro atoms. The molecular formula is C15H24N4OS. The van der Waals surface area contributed by atoms with Crippen LogP contribution in [0.25, 0.3) is 4.96 Å². The summed E-state index contributed by atoms with van der Waals surface area (Å²) in [5.74, 6) is 1.62. The molecule has 0 aliphatic carbocycles. The van der Waals surface area contributed by atoms with Crippen molar-refractivity contribution >= 4 is 16.3 Å². The van der Waals surface area contributed by atoms with Crippen molar-refractivity contribution in [3.8, 4) is 5.88 Å². The number of fused-ring (bicyclic) bond motifs is 1. The van der Waals surface area contributed by atoms with Gasteiger partial charge in [0.1, 0.15) is 5.69 Å². The molecule has 3 heterocycles. The lowest BCUT2D eigenvalue weighted by Gasteiger charge is -2.28. The highest BCUT2D eigenvalue weighted by atomic mass is 32.1. The van der Waals surface area contributed by atoms with Gasteiger partial charge in [0.15, 0.2) is 4.96 Å². The molecule has 5 nitrogen and oxygen atoms in total. The van der Waals surface area contributed by atoms with Crippen LogP contribution in [-0.2, 0) is 6.54 Å². The van der Waals surface area contributed by atoms with Crippen LogP contribution >= 0.6 is 11.3 Å². The van der Waals surface area contributed by atoms with E-state index in [-0.39, 0.29) is 0 Å². The molecule has 0 aromatic carbocycles. The monoisotopic (exact) mass is 308 g/mol. The standard InChI is InChI=1S/C15H24N4OS/c1-18-7-4-12(5-8-18)3-6-16-11-13-14(20-2)17-15-19(13)9-10-21-15/h9-10,12,16H,3-8,11H2,1-2H3. The minimum Gasteiger partial charge on any atom is -0.480 e. The first-order valence-electron chi connectivity index (χ1n) is 7.65. The second-order valence-corrected chi connectivity index (χ2v) is 6.71. The van der Waals surface area contributed by atoms with Gasteiger partial charge < -0.3 is 15.0 Å². The molecule has 2 aromatic rings. The number of methoxy groups -OCH3 is 1. The third kappa shape index (κ3) is 3.39. The van der Waals surface area contributed by atoms with Gasteiger partial charge in [0.05, 0.1) is 7.11 Å². The Hall–Kier alpha value is -1.11. The summed E-state index contributed by atoms with van der Waals surface area (Å²) in [6, 6.07) is 0. The summed E-state index contributed by atoms with van der Waals surface area (Å²) in [7, 11) is 3.90. The molecule has 2 aromatic heterocycles. The molecule has 1 N–H and O–H groups in total. The van der Waals surface area contributed by atoms with Gasteiger partial charge in [-0.15, -0.1) is 11.3 Å². The van der Waals surface area contributed by atoms with Crippen LogP contribution in [0.2, 0.25) is 0 Å². The van der Waals surface area contributed by atoms with E-state index in [1.165, 1.54) is 32.4 Å². The van der Waals surface area contributed by atoms with Gasteiger partial charge in [0.2, 0.25) is 5.88 Å². The van der Waals surface area contributed by atoms with Gasteiger partial charge in [-0.3, -0.25) is 4.40 Å². The second-order valence-electron chi connectivity index (χ2n) is 5.84. The highest BCUT2D eigenvalue weighted by Gasteiger charge is 2.17. The van der Waals surface area contributed by atoms with E-state index in [0.717, 1.165) is 35.5 Å². The second kappa shape index (κ2) is 6.77. The zero-order chi connectivity index (χ0) is 14.7. The van der Waals surface area contributed by atoms with Crippen molar-refractivity contribution in [2.24, 2.45) is 5.92 Å². The Morgan fingerprint density at radius 2 is 2.24 bits per heavy atom. The Kier molecular flexibility index (Phi) is 4.77. The van der Waals surface area contributed by atoms with Crippen molar-refractivity contribution in [3.63, 3.8) is 0 Å². The van der Waals surface area contributed by atoms with Crippen molar-refractivity contribution in [3.05, 3.63) is 17.3 Å². The predicted molar refractivity (Wildman–Crippen MR) is 86.2 cm³/mol. The Bertz CT molecular complexity index is 571. The molecule has 0 radical (unpaired) electrons. The number of likely N-dealkylation sites (tertiary alicyclic amines) is 1. The Balaban J connectivity index is 1.49. The van der Waals surface area contributed by atoms with E-state index in [1.807, 2.05) is 0 Å². The molecule has 1 aliphatic heterocycles. The average Bonchev–Trinajstić information content (AvgIpc) is 3.06. The lowest BCUT2D eigenvalue weighted by Crippen LogP contribution is -2.31. The molecule has 0 bridgehead atoms. The first-order chi connectivity index (χ1) is 10.3. The van der Waals surface area contributed by atoms with Crippen molar-refractivity contribution < 1.29 is 4.74 Å². The molecule has 1 saturated heterocycles. The number of ether oxygens (including phenoxy) is 1. The Morgan fingerprint density at radius 3 is 3.00 bits per heavy atom. The van der Waals surface area contributed by atoms with Crippen molar-refractivity contribution in [2.45, 2.75) is 25.8 Å². The summed E-state index contributed by atoms with van der Waals surface area (Å²) in [6.07, 6.45) is 6.00. The van der Waals surface area contributed by atoms with Gasteiger partial charge in [0.25, 0.3) is 0 Å². The van der Waals surface area contributed by atoms with E-state index in [9.17, 15) is 0 Å². The quantitative estimate of drug-likeness (QED) is 0.831.